The molecule has 0 bridgehead atoms. The molecule has 1 aromatic carbocycles. The van der Waals surface area contributed by atoms with Gasteiger partial charge in [0.2, 0.25) is 0 Å². The molecule has 0 N–H and O–H groups in total. The standard InChI is InChI=1S/C15H16O3/c1-17-13-5-4-11(10-16)12-6-9-15(18-14(12)13)7-2-3-8-15/h4-6,9-10H,2-3,7-8H2,1H3. The first-order valence-corrected chi connectivity index (χ1v) is 6.32. The Bertz CT molecular complexity index is 511. The second-order valence-corrected chi connectivity index (χ2v) is 4.92. The van der Waals surface area contributed by atoms with Crippen LogP contribution in [0.1, 0.15) is 41.6 Å². The summed E-state index contributed by atoms with van der Waals surface area (Å²) in [5.41, 5.74) is 1.30. The molecule has 3 nitrogen and oxygen atoms in total. The van der Waals surface area contributed by atoms with Gasteiger partial charge in [-0.15, -0.1) is 0 Å². The van der Waals surface area contributed by atoms with Crippen LogP contribution in [0.5, 0.6) is 11.5 Å². The number of hydrogen-bond acceptors (Lipinski definition) is 3. The van der Waals surface area contributed by atoms with E-state index in [9.17, 15) is 4.79 Å². The summed E-state index contributed by atoms with van der Waals surface area (Å²) in [5, 5.41) is 0. The average molecular weight is 244 g/mol. The molecule has 18 heavy (non-hydrogen) atoms. The van der Waals surface area contributed by atoms with Gasteiger partial charge in [-0.05, 0) is 43.9 Å². The normalized spacial score (nSPS) is 19.4. The SMILES string of the molecule is COc1ccc(C=O)c2c1OC1(C=C2)CCCC1. The van der Waals surface area contributed by atoms with E-state index in [1.54, 1.807) is 19.2 Å². The zero-order chi connectivity index (χ0) is 12.6. The Labute approximate surface area is 106 Å². The Morgan fingerprint density at radius 1 is 1.33 bits per heavy atom. The minimum atomic E-state index is -0.179. The highest BCUT2D eigenvalue weighted by Crippen LogP contribution is 2.45. The van der Waals surface area contributed by atoms with Crippen molar-refractivity contribution in [2.24, 2.45) is 0 Å². The van der Waals surface area contributed by atoms with Gasteiger partial charge in [0.1, 0.15) is 5.60 Å². The molecule has 1 spiro atoms. The smallest absolute Gasteiger partial charge is 0.170 e. The minimum Gasteiger partial charge on any atom is -0.493 e. The summed E-state index contributed by atoms with van der Waals surface area (Å²) in [4.78, 5) is 11.1. The number of rotatable bonds is 2. The van der Waals surface area contributed by atoms with Crippen molar-refractivity contribution in [1.82, 2.24) is 0 Å². The van der Waals surface area contributed by atoms with Crippen LogP contribution in [0.3, 0.4) is 0 Å². The molecule has 3 rings (SSSR count). The van der Waals surface area contributed by atoms with Gasteiger partial charge < -0.3 is 9.47 Å². The molecule has 3 heteroatoms. The van der Waals surface area contributed by atoms with Crippen LogP contribution in [-0.4, -0.2) is 19.0 Å². The highest BCUT2D eigenvalue weighted by Gasteiger charge is 2.37. The molecule has 0 saturated heterocycles. The summed E-state index contributed by atoms with van der Waals surface area (Å²) in [6.07, 6.45) is 9.43. The fourth-order valence-corrected chi connectivity index (χ4v) is 2.85. The van der Waals surface area contributed by atoms with E-state index in [-0.39, 0.29) is 5.60 Å². The van der Waals surface area contributed by atoms with Crippen LogP contribution in [0.15, 0.2) is 18.2 Å². The first kappa shape index (κ1) is 11.3. The Kier molecular flexibility index (Phi) is 2.62. The number of ether oxygens (including phenoxy) is 2. The number of fused-ring (bicyclic) bond motifs is 1. The lowest BCUT2D eigenvalue weighted by Gasteiger charge is -2.32. The second kappa shape index (κ2) is 4.16. The first-order chi connectivity index (χ1) is 8.78. The molecular weight excluding hydrogens is 228 g/mol. The van der Waals surface area contributed by atoms with Crippen LogP contribution in [0.25, 0.3) is 6.08 Å². The molecule has 0 atom stereocenters. The average Bonchev–Trinajstić information content (AvgIpc) is 2.85. The predicted octanol–water partition coefficient (Wildman–Crippen LogP) is 3.23. The third kappa shape index (κ3) is 1.62. The maximum atomic E-state index is 11.1. The summed E-state index contributed by atoms with van der Waals surface area (Å²) in [6.45, 7) is 0. The zero-order valence-corrected chi connectivity index (χ0v) is 10.4. The van der Waals surface area contributed by atoms with Crippen LogP contribution in [0.4, 0.5) is 0 Å². The van der Waals surface area contributed by atoms with Crippen molar-refractivity contribution in [2.75, 3.05) is 7.11 Å². The summed E-state index contributed by atoms with van der Waals surface area (Å²) in [7, 11) is 1.62. The highest BCUT2D eigenvalue weighted by atomic mass is 16.5. The van der Waals surface area contributed by atoms with E-state index in [2.05, 4.69) is 6.08 Å². The molecule has 1 saturated carbocycles. The van der Waals surface area contributed by atoms with Crippen molar-refractivity contribution in [3.8, 4) is 11.5 Å². The fraction of sp³-hybridized carbons (Fsp3) is 0.400. The Morgan fingerprint density at radius 2 is 2.11 bits per heavy atom. The summed E-state index contributed by atoms with van der Waals surface area (Å²) in [6, 6.07) is 3.56. The number of carbonyl (C=O) groups excluding carboxylic acids is 1. The van der Waals surface area contributed by atoms with Crippen LogP contribution in [-0.2, 0) is 0 Å². The Morgan fingerprint density at radius 3 is 2.78 bits per heavy atom. The van der Waals surface area contributed by atoms with Gasteiger partial charge in [0.25, 0.3) is 0 Å². The van der Waals surface area contributed by atoms with Gasteiger partial charge in [-0.3, -0.25) is 4.79 Å². The van der Waals surface area contributed by atoms with Crippen molar-refractivity contribution in [1.29, 1.82) is 0 Å². The molecule has 0 unspecified atom stereocenters. The van der Waals surface area contributed by atoms with E-state index in [0.29, 0.717) is 17.1 Å². The van der Waals surface area contributed by atoms with Gasteiger partial charge >= 0.3 is 0 Å². The molecule has 1 aliphatic carbocycles. The number of aldehydes is 1. The molecule has 0 amide bonds. The Hall–Kier alpha value is -1.77. The van der Waals surface area contributed by atoms with Gasteiger partial charge in [0, 0.05) is 11.1 Å². The summed E-state index contributed by atoms with van der Waals surface area (Å²) >= 11 is 0. The Balaban J connectivity index is 2.11. The van der Waals surface area contributed by atoms with E-state index in [1.807, 2.05) is 6.08 Å². The van der Waals surface area contributed by atoms with Crippen LogP contribution < -0.4 is 9.47 Å². The van der Waals surface area contributed by atoms with Crippen molar-refractivity contribution in [2.45, 2.75) is 31.3 Å². The molecule has 1 aromatic rings. The molecule has 2 aliphatic rings. The van der Waals surface area contributed by atoms with Crippen LogP contribution in [0, 0.1) is 0 Å². The van der Waals surface area contributed by atoms with Crippen molar-refractivity contribution >= 4 is 12.4 Å². The molecule has 1 aliphatic heterocycles. The van der Waals surface area contributed by atoms with E-state index < -0.39 is 0 Å². The third-order valence-corrected chi connectivity index (χ3v) is 3.85. The number of hydrogen-bond donors (Lipinski definition) is 0. The number of methoxy groups -OCH3 is 1. The number of carbonyl (C=O) groups is 1. The largest absolute Gasteiger partial charge is 0.493 e. The first-order valence-electron chi connectivity index (χ1n) is 6.32. The van der Waals surface area contributed by atoms with Crippen LogP contribution >= 0.6 is 0 Å². The number of benzene rings is 1. The molecular formula is C15H16O3. The lowest BCUT2D eigenvalue weighted by Crippen LogP contribution is -2.32. The summed E-state index contributed by atoms with van der Waals surface area (Å²) < 4.78 is 11.5. The zero-order valence-electron chi connectivity index (χ0n) is 10.4. The van der Waals surface area contributed by atoms with Gasteiger partial charge in [-0.2, -0.15) is 0 Å². The van der Waals surface area contributed by atoms with E-state index in [0.717, 1.165) is 24.7 Å². The second-order valence-electron chi connectivity index (χ2n) is 4.92. The van der Waals surface area contributed by atoms with E-state index in [1.165, 1.54) is 12.8 Å². The van der Waals surface area contributed by atoms with Crippen molar-refractivity contribution < 1.29 is 14.3 Å². The van der Waals surface area contributed by atoms with Gasteiger partial charge in [-0.1, -0.05) is 6.08 Å². The summed E-state index contributed by atoms with van der Waals surface area (Å²) in [5.74, 6) is 1.41. The van der Waals surface area contributed by atoms with Gasteiger partial charge in [-0.25, -0.2) is 0 Å². The van der Waals surface area contributed by atoms with E-state index in [4.69, 9.17) is 9.47 Å². The van der Waals surface area contributed by atoms with Gasteiger partial charge in [0.05, 0.1) is 7.11 Å². The predicted molar refractivity (Wildman–Crippen MR) is 69.2 cm³/mol. The molecule has 0 radical (unpaired) electrons. The molecule has 0 aromatic heterocycles. The maximum Gasteiger partial charge on any atom is 0.170 e. The topological polar surface area (TPSA) is 35.5 Å². The maximum absolute atomic E-state index is 11.1. The lowest BCUT2D eigenvalue weighted by molar-refractivity contribution is 0.111. The highest BCUT2D eigenvalue weighted by molar-refractivity contribution is 5.86. The monoisotopic (exact) mass is 244 g/mol. The molecule has 94 valence electrons. The quantitative estimate of drug-likeness (QED) is 0.749. The van der Waals surface area contributed by atoms with Crippen LogP contribution in [0.2, 0.25) is 0 Å². The minimum absolute atomic E-state index is 0.179. The molecule has 1 heterocycles. The van der Waals surface area contributed by atoms with Crippen molar-refractivity contribution in [3.63, 3.8) is 0 Å². The lowest BCUT2D eigenvalue weighted by atomic mass is 9.94. The molecule has 1 fully saturated rings. The van der Waals surface area contributed by atoms with E-state index >= 15 is 0 Å². The third-order valence-electron chi connectivity index (χ3n) is 3.85. The fourth-order valence-electron chi connectivity index (χ4n) is 2.85. The van der Waals surface area contributed by atoms with Crippen molar-refractivity contribution in [3.05, 3.63) is 29.3 Å². The van der Waals surface area contributed by atoms with Gasteiger partial charge in [0.15, 0.2) is 17.8 Å².